The Bertz CT molecular complexity index is 423. The van der Waals surface area contributed by atoms with Crippen LogP contribution in [0.15, 0.2) is 18.2 Å². The van der Waals surface area contributed by atoms with E-state index in [1.54, 1.807) is 25.1 Å². The van der Waals surface area contributed by atoms with Crippen molar-refractivity contribution in [3.63, 3.8) is 0 Å². The van der Waals surface area contributed by atoms with Gasteiger partial charge in [-0.2, -0.15) is 0 Å². The number of benzene rings is 1. The summed E-state index contributed by atoms with van der Waals surface area (Å²) in [5, 5.41) is 3.77. The second kappa shape index (κ2) is 6.86. The Hall–Kier alpha value is -0.930. The van der Waals surface area contributed by atoms with Gasteiger partial charge in [-0.05, 0) is 38.5 Å². The number of halogens is 2. The molecule has 2 atom stereocenters. The first-order valence-corrected chi connectivity index (χ1v) is 6.61. The molecule has 1 amide bonds. The monoisotopic (exact) mass is 289 g/mol. The number of amides is 1. The second-order valence-electron chi connectivity index (χ2n) is 4.15. The van der Waals surface area contributed by atoms with E-state index in [4.69, 9.17) is 27.9 Å². The number of carbonyl (C=O) groups is 1. The highest BCUT2D eigenvalue weighted by Crippen LogP contribution is 2.28. The highest BCUT2D eigenvalue weighted by atomic mass is 35.5. The average molecular weight is 290 g/mol. The molecule has 0 saturated heterocycles. The summed E-state index contributed by atoms with van der Waals surface area (Å²) in [6, 6.07) is 5.03. The molecule has 0 aliphatic rings. The van der Waals surface area contributed by atoms with Gasteiger partial charge in [0.1, 0.15) is 5.75 Å². The van der Waals surface area contributed by atoms with Crippen LogP contribution in [0.3, 0.4) is 0 Å². The van der Waals surface area contributed by atoms with E-state index in [0.717, 1.165) is 6.42 Å². The Labute approximate surface area is 117 Å². The lowest BCUT2D eigenvalue weighted by Gasteiger charge is -2.18. The first-order valence-electron chi connectivity index (χ1n) is 5.86. The van der Waals surface area contributed by atoms with E-state index in [9.17, 15) is 4.79 Å². The summed E-state index contributed by atoms with van der Waals surface area (Å²) in [6.45, 7) is 5.63. The number of hydrogen-bond acceptors (Lipinski definition) is 2. The lowest BCUT2D eigenvalue weighted by Crippen LogP contribution is -2.41. The normalized spacial score (nSPS) is 13.8. The van der Waals surface area contributed by atoms with Gasteiger partial charge in [0.05, 0.1) is 5.02 Å². The van der Waals surface area contributed by atoms with Crippen LogP contribution in [0.1, 0.15) is 27.2 Å². The molecule has 0 saturated carbocycles. The summed E-state index contributed by atoms with van der Waals surface area (Å²) in [5.74, 6) is 0.295. The smallest absolute Gasteiger partial charge is 0.260 e. The van der Waals surface area contributed by atoms with Gasteiger partial charge in [0.15, 0.2) is 6.10 Å². The van der Waals surface area contributed by atoms with Crippen molar-refractivity contribution < 1.29 is 9.53 Å². The minimum Gasteiger partial charge on any atom is -0.479 e. The summed E-state index contributed by atoms with van der Waals surface area (Å²) in [7, 11) is 0. The topological polar surface area (TPSA) is 38.3 Å². The van der Waals surface area contributed by atoms with Crippen LogP contribution in [0.5, 0.6) is 5.75 Å². The van der Waals surface area contributed by atoms with Gasteiger partial charge in [-0.3, -0.25) is 4.79 Å². The summed E-state index contributed by atoms with van der Waals surface area (Å²) in [4.78, 5) is 11.8. The fourth-order valence-corrected chi connectivity index (χ4v) is 1.73. The average Bonchev–Trinajstić information content (AvgIpc) is 2.32. The fourth-order valence-electron chi connectivity index (χ4n) is 1.28. The van der Waals surface area contributed by atoms with Crippen molar-refractivity contribution in [1.29, 1.82) is 0 Å². The lowest BCUT2D eigenvalue weighted by molar-refractivity contribution is -0.127. The second-order valence-corrected chi connectivity index (χ2v) is 5.00. The molecule has 5 heteroatoms. The Morgan fingerprint density at radius 2 is 2.06 bits per heavy atom. The summed E-state index contributed by atoms with van der Waals surface area (Å²) in [5.41, 5.74) is 0. The zero-order chi connectivity index (χ0) is 13.7. The van der Waals surface area contributed by atoms with E-state index in [1.807, 2.05) is 13.8 Å². The summed E-state index contributed by atoms with van der Waals surface area (Å²) < 4.78 is 5.50. The molecular weight excluding hydrogens is 273 g/mol. The van der Waals surface area contributed by atoms with Crippen LogP contribution in [-0.2, 0) is 4.79 Å². The van der Waals surface area contributed by atoms with Crippen LogP contribution in [0, 0.1) is 0 Å². The van der Waals surface area contributed by atoms with E-state index in [2.05, 4.69) is 5.32 Å². The molecule has 0 unspecified atom stereocenters. The SMILES string of the molecule is CC[C@@H](C)NC(=O)[C@H](C)Oc1ccc(Cl)cc1Cl. The molecule has 18 heavy (non-hydrogen) atoms. The molecular formula is C13H17Cl2NO2. The third kappa shape index (κ3) is 4.39. The molecule has 0 aromatic heterocycles. The van der Waals surface area contributed by atoms with E-state index in [-0.39, 0.29) is 11.9 Å². The summed E-state index contributed by atoms with van der Waals surface area (Å²) >= 11 is 11.8. The fraction of sp³-hybridized carbons (Fsp3) is 0.462. The maximum absolute atomic E-state index is 11.8. The number of nitrogens with one attached hydrogen (secondary N) is 1. The largest absolute Gasteiger partial charge is 0.479 e. The number of carbonyl (C=O) groups excluding carboxylic acids is 1. The number of hydrogen-bond donors (Lipinski definition) is 1. The Balaban J connectivity index is 2.63. The lowest BCUT2D eigenvalue weighted by atomic mass is 10.2. The van der Waals surface area contributed by atoms with Crippen LogP contribution in [0.25, 0.3) is 0 Å². The zero-order valence-corrected chi connectivity index (χ0v) is 12.2. The molecule has 3 nitrogen and oxygen atoms in total. The Morgan fingerprint density at radius 3 is 2.61 bits per heavy atom. The first kappa shape index (κ1) is 15.1. The Morgan fingerprint density at radius 1 is 1.39 bits per heavy atom. The van der Waals surface area contributed by atoms with Gasteiger partial charge in [-0.15, -0.1) is 0 Å². The van der Waals surface area contributed by atoms with E-state index in [0.29, 0.717) is 15.8 Å². The molecule has 0 bridgehead atoms. The molecule has 0 heterocycles. The Kier molecular flexibility index (Phi) is 5.76. The molecule has 0 fully saturated rings. The molecule has 0 spiro atoms. The van der Waals surface area contributed by atoms with Crippen molar-refractivity contribution in [2.45, 2.75) is 39.3 Å². The maximum atomic E-state index is 11.8. The van der Waals surface area contributed by atoms with Gasteiger partial charge >= 0.3 is 0 Å². The quantitative estimate of drug-likeness (QED) is 0.898. The standard InChI is InChI=1S/C13H17Cl2NO2/c1-4-8(2)16-13(17)9(3)18-12-6-5-10(14)7-11(12)15/h5-9H,4H2,1-3H3,(H,16,17)/t8-,9+/m1/s1. The van der Waals surface area contributed by atoms with E-state index < -0.39 is 6.10 Å². The van der Waals surface area contributed by atoms with Crippen LogP contribution in [-0.4, -0.2) is 18.1 Å². The van der Waals surface area contributed by atoms with E-state index >= 15 is 0 Å². The van der Waals surface area contributed by atoms with Crippen molar-refractivity contribution in [3.8, 4) is 5.75 Å². The van der Waals surface area contributed by atoms with Gasteiger partial charge < -0.3 is 10.1 Å². The van der Waals surface area contributed by atoms with Crippen molar-refractivity contribution in [2.75, 3.05) is 0 Å². The van der Waals surface area contributed by atoms with Crippen molar-refractivity contribution in [2.24, 2.45) is 0 Å². The molecule has 1 N–H and O–H groups in total. The van der Waals surface area contributed by atoms with Gasteiger partial charge in [0.2, 0.25) is 0 Å². The van der Waals surface area contributed by atoms with Gasteiger partial charge in [-0.1, -0.05) is 30.1 Å². The van der Waals surface area contributed by atoms with Gasteiger partial charge in [0, 0.05) is 11.1 Å². The number of ether oxygens (including phenoxy) is 1. The van der Waals surface area contributed by atoms with Crippen LogP contribution in [0.2, 0.25) is 10.0 Å². The first-order chi connectivity index (χ1) is 8.43. The molecule has 1 aromatic rings. The van der Waals surface area contributed by atoms with Crippen LogP contribution >= 0.6 is 23.2 Å². The zero-order valence-electron chi connectivity index (χ0n) is 10.7. The highest BCUT2D eigenvalue weighted by Gasteiger charge is 2.17. The number of rotatable bonds is 5. The van der Waals surface area contributed by atoms with Gasteiger partial charge in [-0.25, -0.2) is 0 Å². The molecule has 0 radical (unpaired) electrons. The predicted molar refractivity (Wildman–Crippen MR) is 74.4 cm³/mol. The summed E-state index contributed by atoms with van der Waals surface area (Å²) in [6.07, 6.45) is 0.276. The third-order valence-electron chi connectivity index (χ3n) is 2.57. The molecule has 100 valence electrons. The predicted octanol–water partition coefficient (Wildman–Crippen LogP) is 3.68. The van der Waals surface area contributed by atoms with Crippen molar-refractivity contribution >= 4 is 29.1 Å². The molecule has 0 aliphatic heterocycles. The molecule has 0 aliphatic carbocycles. The molecule has 1 aromatic carbocycles. The van der Waals surface area contributed by atoms with Crippen LogP contribution in [0.4, 0.5) is 0 Å². The third-order valence-corrected chi connectivity index (χ3v) is 3.10. The van der Waals surface area contributed by atoms with Crippen LogP contribution < -0.4 is 10.1 Å². The van der Waals surface area contributed by atoms with E-state index in [1.165, 1.54) is 0 Å². The minimum atomic E-state index is -0.599. The van der Waals surface area contributed by atoms with Crippen molar-refractivity contribution in [3.05, 3.63) is 28.2 Å². The highest BCUT2D eigenvalue weighted by molar-refractivity contribution is 6.35. The minimum absolute atomic E-state index is 0.129. The van der Waals surface area contributed by atoms with Gasteiger partial charge in [0.25, 0.3) is 5.91 Å². The maximum Gasteiger partial charge on any atom is 0.260 e. The molecule has 1 rings (SSSR count). The van der Waals surface area contributed by atoms with Crippen molar-refractivity contribution in [1.82, 2.24) is 5.32 Å².